The van der Waals surface area contributed by atoms with Crippen molar-refractivity contribution in [2.24, 2.45) is 5.92 Å². The molecule has 2 aliphatic heterocycles. The van der Waals surface area contributed by atoms with E-state index in [1.165, 1.54) is 6.42 Å². The lowest BCUT2D eigenvalue weighted by atomic mass is 9.87. The van der Waals surface area contributed by atoms with Crippen LogP contribution in [0.4, 0.5) is 10.5 Å². The predicted molar refractivity (Wildman–Crippen MR) is 108 cm³/mol. The summed E-state index contributed by atoms with van der Waals surface area (Å²) in [6.45, 7) is 4.79. The Morgan fingerprint density at radius 1 is 1.14 bits per heavy atom. The fourth-order valence-corrected chi connectivity index (χ4v) is 3.89. The van der Waals surface area contributed by atoms with Crippen molar-refractivity contribution in [1.82, 2.24) is 10.2 Å². The van der Waals surface area contributed by atoms with Crippen molar-refractivity contribution in [3.63, 3.8) is 0 Å². The number of carbonyl (C=O) groups excluding carboxylic acids is 2. The minimum Gasteiger partial charge on any atom is -0.494 e. The second-order valence-electron chi connectivity index (χ2n) is 7.39. The lowest BCUT2D eigenvalue weighted by molar-refractivity contribution is -0.115. The number of likely N-dealkylation sites (tertiary alicyclic amines) is 1. The van der Waals surface area contributed by atoms with Crippen LogP contribution in [0.15, 0.2) is 24.3 Å². The number of carbonyl (C=O) groups is 2. The van der Waals surface area contributed by atoms with E-state index >= 15 is 0 Å². The van der Waals surface area contributed by atoms with E-state index in [2.05, 4.69) is 10.6 Å². The average molecular weight is 389 g/mol. The van der Waals surface area contributed by atoms with E-state index in [0.717, 1.165) is 51.1 Å². The van der Waals surface area contributed by atoms with Crippen molar-refractivity contribution in [2.75, 3.05) is 38.2 Å². The van der Waals surface area contributed by atoms with E-state index in [1.807, 2.05) is 6.92 Å². The first kappa shape index (κ1) is 20.5. The first-order valence-corrected chi connectivity index (χ1v) is 10.3. The van der Waals surface area contributed by atoms with Gasteiger partial charge in [-0.05, 0) is 69.2 Å². The van der Waals surface area contributed by atoms with Gasteiger partial charge in [0.15, 0.2) is 0 Å². The van der Waals surface area contributed by atoms with Crippen LogP contribution >= 0.6 is 0 Å². The van der Waals surface area contributed by atoms with Gasteiger partial charge in [0.2, 0.25) is 5.91 Å². The number of amides is 3. The number of rotatable bonds is 6. The molecule has 154 valence electrons. The molecule has 7 nitrogen and oxygen atoms in total. The summed E-state index contributed by atoms with van der Waals surface area (Å²) in [6.07, 6.45) is 5.85. The zero-order valence-electron chi connectivity index (χ0n) is 16.6. The van der Waals surface area contributed by atoms with Gasteiger partial charge < -0.3 is 25.0 Å². The third kappa shape index (κ3) is 5.86. The summed E-state index contributed by atoms with van der Waals surface area (Å²) in [4.78, 5) is 26.2. The molecule has 2 saturated heterocycles. The molecule has 0 aliphatic carbocycles. The second kappa shape index (κ2) is 10.3. The van der Waals surface area contributed by atoms with E-state index in [4.69, 9.17) is 9.47 Å². The van der Waals surface area contributed by atoms with Gasteiger partial charge in [-0.1, -0.05) is 0 Å². The van der Waals surface area contributed by atoms with E-state index in [-0.39, 0.29) is 18.5 Å². The van der Waals surface area contributed by atoms with E-state index < -0.39 is 0 Å². The van der Waals surface area contributed by atoms with E-state index in [0.29, 0.717) is 24.3 Å². The Balaban J connectivity index is 1.36. The fraction of sp³-hybridized carbons (Fsp3) is 0.619. The largest absolute Gasteiger partial charge is 0.494 e. The van der Waals surface area contributed by atoms with Gasteiger partial charge in [0, 0.05) is 25.4 Å². The fourth-order valence-electron chi connectivity index (χ4n) is 3.89. The first-order valence-electron chi connectivity index (χ1n) is 10.3. The summed E-state index contributed by atoms with van der Waals surface area (Å²) in [6, 6.07) is 6.99. The number of nitrogens with zero attached hydrogens (tertiary/aromatic N) is 1. The summed E-state index contributed by atoms with van der Waals surface area (Å²) in [5.74, 6) is 1.06. The second-order valence-corrected chi connectivity index (χ2v) is 7.39. The van der Waals surface area contributed by atoms with Crippen LogP contribution in [0.1, 0.15) is 39.0 Å². The van der Waals surface area contributed by atoms with Gasteiger partial charge in [-0.25, -0.2) is 4.79 Å². The number of piperidine rings is 1. The molecule has 0 radical (unpaired) electrons. The van der Waals surface area contributed by atoms with Crippen molar-refractivity contribution in [3.8, 4) is 5.75 Å². The SMILES string of the molecule is CCOc1ccc(NC(=O)CNC(=O)N2CCC(C3CCCCO3)CC2)cc1. The van der Waals surface area contributed by atoms with Crippen LogP contribution in [0.2, 0.25) is 0 Å². The van der Waals surface area contributed by atoms with Gasteiger partial charge in [-0.15, -0.1) is 0 Å². The highest BCUT2D eigenvalue weighted by Crippen LogP contribution is 2.28. The standard InChI is InChI=1S/C21H31N3O4/c1-2-27-18-8-6-17(7-9-18)23-20(25)15-22-21(26)24-12-10-16(11-13-24)19-5-3-4-14-28-19/h6-9,16,19H,2-5,10-15H2,1H3,(H,22,26)(H,23,25). The molecule has 1 unspecified atom stereocenters. The number of urea groups is 1. The number of hydrogen-bond acceptors (Lipinski definition) is 4. The van der Waals surface area contributed by atoms with Crippen LogP contribution < -0.4 is 15.4 Å². The third-order valence-electron chi connectivity index (χ3n) is 5.42. The van der Waals surface area contributed by atoms with Crippen LogP contribution in [-0.2, 0) is 9.53 Å². The Hall–Kier alpha value is -2.28. The molecule has 28 heavy (non-hydrogen) atoms. The molecule has 2 aliphatic rings. The topological polar surface area (TPSA) is 79.9 Å². The smallest absolute Gasteiger partial charge is 0.317 e. The number of hydrogen-bond donors (Lipinski definition) is 2. The Labute approximate surface area is 166 Å². The predicted octanol–water partition coefficient (Wildman–Crippen LogP) is 3.01. The van der Waals surface area contributed by atoms with Gasteiger partial charge in [0.05, 0.1) is 19.3 Å². The molecule has 0 aromatic heterocycles. The Bertz CT molecular complexity index is 636. The normalized spacial score (nSPS) is 20.5. The highest BCUT2D eigenvalue weighted by molar-refractivity contribution is 5.94. The molecule has 3 amide bonds. The Morgan fingerprint density at radius 3 is 2.54 bits per heavy atom. The summed E-state index contributed by atoms with van der Waals surface area (Å²) in [7, 11) is 0. The highest BCUT2D eigenvalue weighted by Gasteiger charge is 2.30. The maximum Gasteiger partial charge on any atom is 0.317 e. The van der Waals surface area contributed by atoms with E-state index in [9.17, 15) is 9.59 Å². The van der Waals surface area contributed by atoms with Crippen LogP contribution in [0.25, 0.3) is 0 Å². The molecular weight excluding hydrogens is 358 g/mol. The van der Waals surface area contributed by atoms with Crippen molar-refractivity contribution >= 4 is 17.6 Å². The first-order chi connectivity index (χ1) is 13.7. The van der Waals surface area contributed by atoms with Crippen LogP contribution in [-0.4, -0.2) is 55.8 Å². The lowest BCUT2D eigenvalue weighted by Crippen LogP contribution is -2.48. The molecule has 2 heterocycles. The molecule has 1 aromatic rings. The number of benzene rings is 1. The lowest BCUT2D eigenvalue weighted by Gasteiger charge is -2.37. The monoisotopic (exact) mass is 389 g/mol. The van der Waals surface area contributed by atoms with Gasteiger partial charge in [0.25, 0.3) is 0 Å². The van der Waals surface area contributed by atoms with Crippen molar-refractivity contribution < 1.29 is 19.1 Å². The van der Waals surface area contributed by atoms with E-state index in [1.54, 1.807) is 29.2 Å². The third-order valence-corrected chi connectivity index (χ3v) is 5.42. The maximum atomic E-state index is 12.3. The molecule has 1 atom stereocenters. The summed E-state index contributed by atoms with van der Waals surface area (Å²) >= 11 is 0. The van der Waals surface area contributed by atoms with Gasteiger partial charge in [0.1, 0.15) is 5.75 Å². The Morgan fingerprint density at radius 2 is 1.89 bits per heavy atom. The molecule has 1 aromatic carbocycles. The number of nitrogens with one attached hydrogen (secondary N) is 2. The van der Waals surface area contributed by atoms with Crippen molar-refractivity contribution in [3.05, 3.63) is 24.3 Å². The number of anilines is 1. The van der Waals surface area contributed by atoms with Crippen LogP contribution in [0.5, 0.6) is 5.75 Å². The van der Waals surface area contributed by atoms with Crippen LogP contribution in [0, 0.1) is 5.92 Å². The van der Waals surface area contributed by atoms with Crippen molar-refractivity contribution in [1.29, 1.82) is 0 Å². The quantitative estimate of drug-likeness (QED) is 0.784. The van der Waals surface area contributed by atoms with Gasteiger partial charge in [-0.2, -0.15) is 0 Å². The molecule has 0 saturated carbocycles. The number of ether oxygens (including phenoxy) is 2. The average Bonchev–Trinajstić information content (AvgIpc) is 2.74. The maximum absolute atomic E-state index is 12.3. The summed E-state index contributed by atoms with van der Waals surface area (Å²) in [5, 5.41) is 5.49. The molecule has 0 bridgehead atoms. The minimum absolute atomic E-state index is 0.0439. The Kier molecular flexibility index (Phi) is 7.54. The minimum atomic E-state index is -0.247. The summed E-state index contributed by atoms with van der Waals surface area (Å²) < 4.78 is 11.3. The molecular formula is C21H31N3O4. The molecule has 2 fully saturated rings. The highest BCUT2D eigenvalue weighted by atomic mass is 16.5. The van der Waals surface area contributed by atoms with Gasteiger partial charge in [-0.3, -0.25) is 4.79 Å². The van der Waals surface area contributed by atoms with Gasteiger partial charge >= 0.3 is 6.03 Å². The molecule has 3 rings (SSSR count). The molecule has 2 N–H and O–H groups in total. The zero-order valence-corrected chi connectivity index (χ0v) is 16.6. The zero-order chi connectivity index (χ0) is 19.8. The van der Waals surface area contributed by atoms with Crippen molar-refractivity contribution in [2.45, 2.75) is 45.1 Å². The summed E-state index contributed by atoms with van der Waals surface area (Å²) in [5.41, 5.74) is 0.677. The molecule has 7 heteroatoms. The molecule has 0 spiro atoms. The van der Waals surface area contributed by atoms with Crippen LogP contribution in [0.3, 0.4) is 0 Å².